The van der Waals surface area contributed by atoms with Gasteiger partial charge in [-0.15, -0.1) is 0 Å². The zero-order valence-corrected chi connectivity index (χ0v) is 15.7. The van der Waals surface area contributed by atoms with Gasteiger partial charge in [-0.1, -0.05) is 55.7 Å². The first-order valence-corrected chi connectivity index (χ1v) is 9.73. The van der Waals surface area contributed by atoms with Crippen LogP contribution in [0.15, 0.2) is 48.5 Å². The highest BCUT2D eigenvalue weighted by Gasteiger charge is 2.18. The van der Waals surface area contributed by atoms with Gasteiger partial charge in [-0.3, -0.25) is 4.90 Å². The highest BCUT2D eigenvalue weighted by atomic mass is 15.1. The van der Waals surface area contributed by atoms with Crippen LogP contribution in [0.25, 0.3) is 0 Å². The van der Waals surface area contributed by atoms with Crippen molar-refractivity contribution in [3.63, 3.8) is 0 Å². The Bertz CT molecular complexity index is 724. The van der Waals surface area contributed by atoms with Crippen molar-refractivity contribution in [3.05, 3.63) is 70.8 Å². The Labute approximate surface area is 157 Å². The van der Waals surface area contributed by atoms with Crippen LogP contribution in [-0.4, -0.2) is 18.0 Å². The fourth-order valence-corrected chi connectivity index (χ4v) is 3.84. The van der Waals surface area contributed by atoms with Gasteiger partial charge in [-0.25, -0.2) is 0 Å². The fourth-order valence-electron chi connectivity index (χ4n) is 3.84. The quantitative estimate of drug-likeness (QED) is 0.795. The average Bonchev–Trinajstić information content (AvgIpc) is 2.70. The second-order valence-electron chi connectivity index (χ2n) is 7.39. The molecular weight excluding hydrogens is 318 g/mol. The maximum Gasteiger partial charge on any atom is 0.0991 e. The van der Waals surface area contributed by atoms with E-state index in [9.17, 15) is 0 Å². The molecule has 0 spiro atoms. The Kier molecular flexibility index (Phi) is 6.82. The second-order valence-corrected chi connectivity index (χ2v) is 7.39. The number of nitrogens with one attached hydrogen (secondary N) is 1. The van der Waals surface area contributed by atoms with Gasteiger partial charge in [0.1, 0.15) is 0 Å². The first-order valence-electron chi connectivity index (χ1n) is 9.73. The van der Waals surface area contributed by atoms with E-state index in [1.165, 1.54) is 48.8 Å². The molecule has 3 nitrogen and oxygen atoms in total. The molecule has 0 atom stereocenters. The molecule has 0 heterocycles. The summed E-state index contributed by atoms with van der Waals surface area (Å²) >= 11 is 0. The van der Waals surface area contributed by atoms with E-state index in [2.05, 4.69) is 47.6 Å². The zero-order valence-electron chi connectivity index (χ0n) is 15.7. The molecule has 0 radical (unpaired) electrons. The number of hydrogen-bond acceptors (Lipinski definition) is 3. The van der Waals surface area contributed by atoms with Crippen LogP contribution in [0.1, 0.15) is 54.4 Å². The van der Waals surface area contributed by atoms with E-state index >= 15 is 0 Å². The minimum Gasteiger partial charge on any atom is -0.309 e. The molecule has 2 aromatic rings. The van der Waals surface area contributed by atoms with Gasteiger partial charge in [-0.05, 0) is 48.7 Å². The number of nitrogens with zero attached hydrogens (tertiary/aromatic N) is 2. The summed E-state index contributed by atoms with van der Waals surface area (Å²) in [6, 6.07) is 19.5. The van der Waals surface area contributed by atoms with Gasteiger partial charge < -0.3 is 5.32 Å². The molecule has 3 rings (SSSR count). The number of hydrogen-bond donors (Lipinski definition) is 1. The van der Waals surface area contributed by atoms with Crippen LogP contribution in [0.3, 0.4) is 0 Å². The third-order valence-corrected chi connectivity index (χ3v) is 5.46. The van der Waals surface area contributed by atoms with Crippen molar-refractivity contribution in [3.8, 4) is 6.07 Å². The molecule has 0 bridgehead atoms. The molecule has 1 fully saturated rings. The van der Waals surface area contributed by atoms with E-state index in [1.54, 1.807) is 0 Å². The standard InChI is InChI=1S/C23H29N3/c1-26(23-9-3-2-4-10-23)18-22-8-6-5-7-21(22)17-25-16-20-13-11-19(15-24)12-14-20/h5-8,11-14,23,25H,2-4,9-10,16-18H2,1H3. The van der Waals surface area contributed by atoms with Crippen molar-refractivity contribution in [1.29, 1.82) is 5.26 Å². The lowest BCUT2D eigenvalue weighted by Gasteiger charge is -2.31. The van der Waals surface area contributed by atoms with Crippen molar-refractivity contribution in [2.45, 2.75) is 57.8 Å². The fraction of sp³-hybridized carbons (Fsp3) is 0.435. The minimum atomic E-state index is 0.713. The Morgan fingerprint density at radius 1 is 0.962 bits per heavy atom. The maximum atomic E-state index is 8.88. The minimum absolute atomic E-state index is 0.713. The summed E-state index contributed by atoms with van der Waals surface area (Å²) in [5, 5.41) is 12.4. The van der Waals surface area contributed by atoms with Crippen molar-refractivity contribution >= 4 is 0 Å². The van der Waals surface area contributed by atoms with Crippen molar-refractivity contribution in [1.82, 2.24) is 10.2 Å². The topological polar surface area (TPSA) is 39.1 Å². The van der Waals surface area contributed by atoms with Crippen LogP contribution < -0.4 is 5.32 Å². The first kappa shape index (κ1) is 18.6. The van der Waals surface area contributed by atoms with Gasteiger partial charge in [0.25, 0.3) is 0 Å². The van der Waals surface area contributed by atoms with Gasteiger partial charge in [0.15, 0.2) is 0 Å². The summed E-state index contributed by atoms with van der Waals surface area (Å²) in [7, 11) is 2.27. The smallest absolute Gasteiger partial charge is 0.0991 e. The third-order valence-electron chi connectivity index (χ3n) is 5.46. The van der Waals surface area contributed by atoms with Gasteiger partial charge in [0.05, 0.1) is 11.6 Å². The summed E-state index contributed by atoms with van der Waals surface area (Å²) in [6.07, 6.45) is 6.84. The average molecular weight is 348 g/mol. The van der Waals surface area contributed by atoms with E-state index in [4.69, 9.17) is 5.26 Å². The number of rotatable bonds is 7. The molecule has 2 aromatic carbocycles. The normalized spacial score (nSPS) is 15.1. The van der Waals surface area contributed by atoms with Gasteiger partial charge in [0, 0.05) is 25.7 Å². The van der Waals surface area contributed by atoms with Gasteiger partial charge in [0.2, 0.25) is 0 Å². The summed E-state index contributed by atoms with van der Waals surface area (Å²) in [6.45, 7) is 2.71. The summed E-state index contributed by atoms with van der Waals surface area (Å²) in [5.74, 6) is 0. The third kappa shape index (κ3) is 5.17. The van der Waals surface area contributed by atoms with Gasteiger partial charge >= 0.3 is 0 Å². The van der Waals surface area contributed by atoms with Crippen LogP contribution in [0.2, 0.25) is 0 Å². The zero-order chi connectivity index (χ0) is 18.2. The van der Waals surface area contributed by atoms with E-state index in [0.29, 0.717) is 5.56 Å². The SMILES string of the molecule is CN(Cc1ccccc1CNCc1ccc(C#N)cc1)C1CCCCC1. The van der Waals surface area contributed by atoms with Crippen LogP contribution in [0.4, 0.5) is 0 Å². The molecule has 1 saturated carbocycles. The lowest BCUT2D eigenvalue weighted by atomic mass is 9.94. The molecule has 1 aliphatic carbocycles. The van der Waals surface area contributed by atoms with Gasteiger partial charge in [-0.2, -0.15) is 5.26 Å². The molecule has 0 unspecified atom stereocenters. The van der Waals surface area contributed by atoms with E-state index in [1.807, 2.05) is 24.3 Å². The Balaban J connectivity index is 1.55. The molecule has 1 aliphatic rings. The van der Waals surface area contributed by atoms with Crippen molar-refractivity contribution in [2.24, 2.45) is 0 Å². The Morgan fingerprint density at radius 3 is 2.35 bits per heavy atom. The molecule has 0 aromatic heterocycles. The number of nitriles is 1. The Hall–Kier alpha value is -2.15. The first-order chi connectivity index (χ1) is 12.8. The predicted octanol–water partition coefficient (Wildman–Crippen LogP) is 4.61. The van der Waals surface area contributed by atoms with Crippen LogP contribution in [0.5, 0.6) is 0 Å². The summed E-state index contributed by atoms with van der Waals surface area (Å²) in [5.41, 5.74) is 4.72. The van der Waals surface area contributed by atoms with Crippen LogP contribution >= 0.6 is 0 Å². The predicted molar refractivity (Wildman–Crippen MR) is 106 cm³/mol. The van der Waals surface area contributed by atoms with E-state index in [-0.39, 0.29) is 0 Å². The van der Waals surface area contributed by atoms with Crippen molar-refractivity contribution in [2.75, 3.05) is 7.05 Å². The molecule has 0 amide bonds. The highest BCUT2D eigenvalue weighted by molar-refractivity contribution is 5.32. The summed E-state index contributed by atoms with van der Waals surface area (Å²) < 4.78 is 0. The molecule has 0 aliphatic heterocycles. The highest BCUT2D eigenvalue weighted by Crippen LogP contribution is 2.23. The molecule has 136 valence electrons. The Morgan fingerprint density at radius 2 is 1.65 bits per heavy atom. The molecule has 26 heavy (non-hydrogen) atoms. The lowest BCUT2D eigenvalue weighted by molar-refractivity contribution is 0.184. The number of benzene rings is 2. The van der Waals surface area contributed by atoms with Crippen LogP contribution in [0, 0.1) is 11.3 Å². The van der Waals surface area contributed by atoms with E-state index in [0.717, 1.165) is 25.7 Å². The second kappa shape index (κ2) is 9.52. The molecular formula is C23H29N3. The molecule has 3 heteroatoms. The van der Waals surface area contributed by atoms with Crippen LogP contribution in [-0.2, 0) is 19.6 Å². The lowest BCUT2D eigenvalue weighted by Crippen LogP contribution is -2.33. The largest absolute Gasteiger partial charge is 0.309 e. The molecule has 1 N–H and O–H groups in total. The van der Waals surface area contributed by atoms with E-state index < -0.39 is 0 Å². The summed E-state index contributed by atoms with van der Waals surface area (Å²) in [4.78, 5) is 2.54. The van der Waals surface area contributed by atoms with Crippen molar-refractivity contribution < 1.29 is 0 Å². The maximum absolute atomic E-state index is 8.88. The molecule has 0 saturated heterocycles. The monoisotopic (exact) mass is 347 g/mol.